The summed E-state index contributed by atoms with van der Waals surface area (Å²) < 4.78 is 26.7. The van der Waals surface area contributed by atoms with Crippen LogP contribution in [-0.4, -0.2) is 48.6 Å². The smallest absolute Gasteiger partial charge is 0.260 e. The van der Waals surface area contributed by atoms with Crippen molar-refractivity contribution in [3.63, 3.8) is 0 Å². The lowest BCUT2D eigenvalue weighted by Gasteiger charge is -2.34. The average Bonchev–Trinajstić information content (AvgIpc) is 2.94. The maximum Gasteiger partial charge on any atom is 0.260 e. The predicted molar refractivity (Wildman–Crippen MR) is 73.3 cm³/mol. The van der Waals surface area contributed by atoms with E-state index in [1.54, 1.807) is 4.31 Å². The molecule has 7 heteroatoms. The van der Waals surface area contributed by atoms with Gasteiger partial charge in [0, 0.05) is 19.1 Å². The highest BCUT2D eigenvalue weighted by Gasteiger charge is 2.33. The summed E-state index contributed by atoms with van der Waals surface area (Å²) in [6.07, 6.45) is 5.47. The maximum atomic E-state index is 12.5. The van der Waals surface area contributed by atoms with Gasteiger partial charge in [0.15, 0.2) is 5.03 Å². The Kier molecular flexibility index (Phi) is 4.95. The molecule has 1 saturated heterocycles. The van der Waals surface area contributed by atoms with Crippen LogP contribution in [0.2, 0.25) is 0 Å². The molecule has 2 rings (SSSR count). The highest BCUT2D eigenvalue weighted by atomic mass is 32.2. The van der Waals surface area contributed by atoms with Crippen LogP contribution in [0.1, 0.15) is 32.6 Å². The number of sulfonamides is 1. The monoisotopic (exact) mass is 286 g/mol. The van der Waals surface area contributed by atoms with E-state index < -0.39 is 10.0 Å². The molecule has 1 aromatic rings. The topological polar surface area (TPSA) is 78.1 Å². The first-order valence-corrected chi connectivity index (χ1v) is 8.32. The minimum absolute atomic E-state index is 0.0496. The molecule has 1 aromatic heterocycles. The summed E-state index contributed by atoms with van der Waals surface area (Å²) in [5.74, 6) is 0. The van der Waals surface area contributed by atoms with E-state index >= 15 is 0 Å². The van der Waals surface area contributed by atoms with Crippen molar-refractivity contribution in [2.45, 2.75) is 43.7 Å². The number of aromatic amines is 1. The molecule has 108 valence electrons. The summed E-state index contributed by atoms with van der Waals surface area (Å²) in [5, 5.41) is 9.81. The number of hydrogen-bond acceptors (Lipinski definition) is 4. The van der Waals surface area contributed by atoms with Gasteiger partial charge in [0.2, 0.25) is 0 Å². The fourth-order valence-corrected chi connectivity index (χ4v) is 4.05. The van der Waals surface area contributed by atoms with E-state index in [1.165, 1.54) is 12.3 Å². The van der Waals surface area contributed by atoms with Crippen LogP contribution in [0.4, 0.5) is 0 Å². The molecule has 0 amide bonds. The van der Waals surface area contributed by atoms with Crippen LogP contribution in [0.5, 0.6) is 0 Å². The van der Waals surface area contributed by atoms with Crippen molar-refractivity contribution in [3.05, 3.63) is 12.3 Å². The molecule has 2 N–H and O–H groups in total. The lowest BCUT2D eigenvalue weighted by Crippen LogP contribution is -2.48. The fourth-order valence-electron chi connectivity index (χ4n) is 2.45. The molecule has 2 heterocycles. The van der Waals surface area contributed by atoms with E-state index in [2.05, 4.69) is 22.4 Å². The first-order valence-electron chi connectivity index (χ1n) is 6.88. The largest absolute Gasteiger partial charge is 0.315 e. The van der Waals surface area contributed by atoms with Crippen LogP contribution in [0.25, 0.3) is 0 Å². The van der Waals surface area contributed by atoms with Gasteiger partial charge in [-0.15, -0.1) is 0 Å². The molecular formula is C12H22N4O2S. The molecule has 1 fully saturated rings. The molecule has 0 aromatic carbocycles. The van der Waals surface area contributed by atoms with Crippen molar-refractivity contribution in [2.75, 3.05) is 19.6 Å². The first kappa shape index (κ1) is 14.5. The summed E-state index contributed by atoms with van der Waals surface area (Å²) in [6.45, 7) is 4.35. The van der Waals surface area contributed by atoms with Gasteiger partial charge in [-0.2, -0.15) is 9.40 Å². The van der Waals surface area contributed by atoms with Crippen LogP contribution in [0, 0.1) is 0 Å². The van der Waals surface area contributed by atoms with Crippen LogP contribution < -0.4 is 5.32 Å². The number of rotatable bonds is 6. The first-order chi connectivity index (χ1) is 9.16. The van der Waals surface area contributed by atoms with Gasteiger partial charge < -0.3 is 5.32 Å². The molecule has 0 aliphatic carbocycles. The summed E-state index contributed by atoms with van der Waals surface area (Å²) in [6, 6.07) is 1.56. The van der Waals surface area contributed by atoms with E-state index in [-0.39, 0.29) is 11.1 Å². The third-order valence-electron chi connectivity index (χ3n) is 3.44. The van der Waals surface area contributed by atoms with Crippen molar-refractivity contribution in [2.24, 2.45) is 0 Å². The van der Waals surface area contributed by atoms with Gasteiger partial charge in [-0.1, -0.05) is 13.3 Å². The van der Waals surface area contributed by atoms with E-state index in [0.717, 1.165) is 38.8 Å². The quantitative estimate of drug-likeness (QED) is 0.763. The van der Waals surface area contributed by atoms with Gasteiger partial charge in [-0.3, -0.25) is 5.10 Å². The summed E-state index contributed by atoms with van der Waals surface area (Å²) in [5.41, 5.74) is 0. The van der Waals surface area contributed by atoms with Crippen LogP contribution in [-0.2, 0) is 10.0 Å². The van der Waals surface area contributed by atoms with E-state index in [1.807, 2.05) is 0 Å². The Morgan fingerprint density at radius 3 is 3.05 bits per heavy atom. The number of aromatic nitrogens is 2. The molecule has 6 nitrogen and oxygen atoms in total. The lowest BCUT2D eigenvalue weighted by molar-refractivity contribution is 0.245. The van der Waals surface area contributed by atoms with Crippen LogP contribution >= 0.6 is 0 Å². The molecule has 0 saturated carbocycles. The summed E-state index contributed by atoms with van der Waals surface area (Å²) in [4.78, 5) is 0. The molecule has 0 radical (unpaired) electrons. The molecular weight excluding hydrogens is 264 g/mol. The second-order valence-electron chi connectivity index (χ2n) is 4.89. The van der Waals surface area contributed by atoms with Gasteiger partial charge in [-0.05, 0) is 31.9 Å². The third-order valence-corrected chi connectivity index (χ3v) is 5.32. The molecule has 1 aliphatic heterocycles. The minimum Gasteiger partial charge on any atom is -0.315 e. The van der Waals surface area contributed by atoms with E-state index in [9.17, 15) is 8.42 Å². The van der Waals surface area contributed by atoms with Gasteiger partial charge in [0.25, 0.3) is 10.0 Å². The Hall–Kier alpha value is -0.920. The second kappa shape index (κ2) is 6.49. The zero-order valence-corrected chi connectivity index (χ0v) is 12.1. The van der Waals surface area contributed by atoms with Crippen molar-refractivity contribution >= 4 is 10.0 Å². The number of hydrogen-bond donors (Lipinski definition) is 2. The van der Waals surface area contributed by atoms with Crippen molar-refractivity contribution in [1.82, 2.24) is 19.8 Å². The summed E-state index contributed by atoms with van der Waals surface area (Å²) >= 11 is 0. The predicted octanol–water partition coefficient (Wildman–Crippen LogP) is 0.952. The van der Waals surface area contributed by atoms with Crippen molar-refractivity contribution < 1.29 is 8.42 Å². The van der Waals surface area contributed by atoms with Crippen LogP contribution in [0.3, 0.4) is 0 Å². The van der Waals surface area contributed by atoms with E-state index in [4.69, 9.17) is 0 Å². The lowest BCUT2D eigenvalue weighted by atomic mass is 10.1. The average molecular weight is 286 g/mol. The SMILES string of the molecule is CCCNCC1CCCCN1S(=O)(=O)c1ccn[nH]1. The molecule has 1 aliphatic rings. The molecule has 0 spiro atoms. The van der Waals surface area contributed by atoms with Gasteiger partial charge in [-0.25, -0.2) is 8.42 Å². The van der Waals surface area contributed by atoms with Crippen molar-refractivity contribution in [3.8, 4) is 0 Å². The van der Waals surface area contributed by atoms with Crippen LogP contribution in [0.15, 0.2) is 17.3 Å². The van der Waals surface area contributed by atoms with E-state index in [0.29, 0.717) is 6.54 Å². The number of nitrogens with zero attached hydrogens (tertiary/aromatic N) is 2. The Balaban J connectivity index is 2.10. The highest BCUT2D eigenvalue weighted by molar-refractivity contribution is 7.89. The van der Waals surface area contributed by atoms with Gasteiger partial charge in [0.1, 0.15) is 0 Å². The third kappa shape index (κ3) is 3.34. The normalized spacial score (nSPS) is 21.6. The molecule has 1 unspecified atom stereocenters. The van der Waals surface area contributed by atoms with Gasteiger partial charge >= 0.3 is 0 Å². The highest BCUT2D eigenvalue weighted by Crippen LogP contribution is 2.23. The zero-order chi connectivity index (χ0) is 13.7. The maximum absolute atomic E-state index is 12.5. The molecule has 19 heavy (non-hydrogen) atoms. The Bertz CT molecular complexity index is 472. The number of piperidine rings is 1. The Labute approximate surface area is 114 Å². The Morgan fingerprint density at radius 2 is 2.37 bits per heavy atom. The van der Waals surface area contributed by atoms with Gasteiger partial charge in [0.05, 0.1) is 6.20 Å². The minimum atomic E-state index is -3.43. The number of nitrogens with one attached hydrogen (secondary N) is 2. The van der Waals surface area contributed by atoms with Crippen molar-refractivity contribution in [1.29, 1.82) is 0 Å². The fraction of sp³-hybridized carbons (Fsp3) is 0.750. The molecule has 0 bridgehead atoms. The summed E-state index contributed by atoms with van der Waals surface area (Å²) in [7, 11) is -3.43. The Morgan fingerprint density at radius 1 is 1.53 bits per heavy atom. The number of H-pyrrole nitrogens is 1. The second-order valence-corrected chi connectivity index (χ2v) is 6.75. The standard InChI is InChI=1S/C12H22N4O2S/c1-2-7-13-10-11-5-3-4-9-16(11)19(17,18)12-6-8-14-15-12/h6,8,11,13H,2-5,7,9-10H2,1H3,(H,14,15). The zero-order valence-electron chi connectivity index (χ0n) is 11.3. The molecule has 1 atom stereocenters.